The summed E-state index contributed by atoms with van der Waals surface area (Å²) in [5, 5.41) is 0. The van der Waals surface area contributed by atoms with Gasteiger partial charge in [-0.15, -0.1) is 0 Å². The SMILES string of the molecule is COC(=O)C1=CN(C)c2ccc(F)cc2C1C=O. The van der Waals surface area contributed by atoms with Crippen molar-refractivity contribution >= 4 is 17.9 Å². The van der Waals surface area contributed by atoms with Crippen LogP contribution < -0.4 is 4.90 Å². The first kappa shape index (κ1) is 12.3. The van der Waals surface area contributed by atoms with Crippen LogP contribution in [0.15, 0.2) is 30.0 Å². The van der Waals surface area contributed by atoms with Crippen LogP contribution >= 0.6 is 0 Å². The molecular weight excluding hydrogens is 237 g/mol. The van der Waals surface area contributed by atoms with Gasteiger partial charge in [0, 0.05) is 18.9 Å². The maximum Gasteiger partial charge on any atom is 0.336 e. The number of carbonyl (C=O) groups is 2. The number of ether oxygens (including phenoxy) is 1. The highest BCUT2D eigenvalue weighted by Crippen LogP contribution is 2.36. The van der Waals surface area contributed by atoms with Crippen molar-refractivity contribution < 1.29 is 18.7 Å². The molecule has 1 aliphatic heterocycles. The first-order valence-corrected chi connectivity index (χ1v) is 5.36. The fourth-order valence-corrected chi connectivity index (χ4v) is 2.07. The predicted octanol–water partition coefficient (Wildman–Crippen LogP) is 1.61. The van der Waals surface area contributed by atoms with Gasteiger partial charge in [-0.05, 0) is 23.8 Å². The van der Waals surface area contributed by atoms with Gasteiger partial charge >= 0.3 is 5.97 Å². The molecule has 4 nitrogen and oxygen atoms in total. The van der Waals surface area contributed by atoms with Gasteiger partial charge in [-0.1, -0.05) is 0 Å². The van der Waals surface area contributed by atoms with Crippen LogP contribution in [0.3, 0.4) is 0 Å². The van der Waals surface area contributed by atoms with Crippen LogP contribution in [0, 0.1) is 5.82 Å². The maximum absolute atomic E-state index is 13.3. The zero-order valence-corrected chi connectivity index (χ0v) is 10.0. The van der Waals surface area contributed by atoms with Crippen molar-refractivity contribution in [3.63, 3.8) is 0 Å². The Kier molecular flexibility index (Phi) is 3.14. The molecule has 1 aliphatic rings. The molecule has 1 aromatic carbocycles. The highest BCUT2D eigenvalue weighted by Gasteiger charge is 2.30. The van der Waals surface area contributed by atoms with E-state index < -0.39 is 17.7 Å². The topological polar surface area (TPSA) is 46.6 Å². The van der Waals surface area contributed by atoms with Crippen molar-refractivity contribution in [3.8, 4) is 0 Å². The number of fused-ring (bicyclic) bond motifs is 1. The first-order valence-electron chi connectivity index (χ1n) is 5.36. The summed E-state index contributed by atoms with van der Waals surface area (Å²) in [5.74, 6) is -1.83. The van der Waals surface area contributed by atoms with E-state index >= 15 is 0 Å². The van der Waals surface area contributed by atoms with Gasteiger partial charge in [-0.3, -0.25) is 0 Å². The lowest BCUT2D eigenvalue weighted by Crippen LogP contribution is -2.26. The normalized spacial score (nSPS) is 17.8. The summed E-state index contributed by atoms with van der Waals surface area (Å²) in [7, 11) is 2.97. The third-order valence-electron chi connectivity index (χ3n) is 2.93. The maximum atomic E-state index is 13.3. The lowest BCUT2D eigenvalue weighted by molar-refractivity contribution is -0.137. The van der Waals surface area contributed by atoms with E-state index in [1.807, 2.05) is 0 Å². The second-order valence-corrected chi connectivity index (χ2v) is 4.00. The molecule has 18 heavy (non-hydrogen) atoms. The van der Waals surface area contributed by atoms with Crippen molar-refractivity contribution in [1.29, 1.82) is 0 Å². The van der Waals surface area contributed by atoms with Gasteiger partial charge < -0.3 is 14.4 Å². The fourth-order valence-electron chi connectivity index (χ4n) is 2.07. The number of anilines is 1. The van der Waals surface area contributed by atoms with E-state index in [1.165, 1.54) is 25.4 Å². The van der Waals surface area contributed by atoms with Gasteiger partial charge in [-0.2, -0.15) is 0 Å². The van der Waals surface area contributed by atoms with Crippen LogP contribution in [0.5, 0.6) is 0 Å². The number of rotatable bonds is 2. The van der Waals surface area contributed by atoms with E-state index in [0.29, 0.717) is 17.5 Å². The highest BCUT2D eigenvalue weighted by atomic mass is 19.1. The van der Waals surface area contributed by atoms with Gasteiger partial charge in [0.15, 0.2) is 0 Å². The minimum absolute atomic E-state index is 0.202. The van der Waals surface area contributed by atoms with E-state index in [9.17, 15) is 14.0 Å². The predicted molar refractivity (Wildman–Crippen MR) is 63.7 cm³/mol. The second kappa shape index (κ2) is 4.60. The molecule has 5 heteroatoms. The molecule has 1 heterocycles. The number of carbonyl (C=O) groups excluding carboxylic acids is 2. The zero-order valence-electron chi connectivity index (χ0n) is 10.0. The molecule has 0 fully saturated rings. The Balaban J connectivity index is 2.57. The third kappa shape index (κ3) is 1.88. The van der Waals surface area contributed by atoms with E-state index in [4.69, 9.17) is 0 Å². The number of halogens is 1. The van der Waals surface area contributed by atoms with E-state index in [-0.39, 0.29) is 5.57 Å². The summed E-state index contributed by atoms with van der Waals surface area (Å²) < 4.78 is 17.9. The number of hydrogen-bond donors (Lipinski definition) is 0. The van der Waals surface area contributed by atoms with Crippen LogP contribution in [0.2, 0.25) is 0 Å². The van der Waals surface area contributed by atoms with Crippen molar-refractivity contribution in [2.75, 3.05) is 19.1 Å². The summed E-state index contributed by atoms with van der Waals surface area (Å²) in [5.41, 5.74) is 1.37. The molecule has 1 atom stereocenters. The standard InChI is InChI=1S/C13H12FNO3/c1-15-6-10(13(17)18-2)11(7-16)9-5-8(14)3-4-12(9)15/h3-7,11H,1-2H3. The Morgan fingerprint density at radius 2 is 2.22 bits per heavy atom. The van der Waals surface area contributed by atoms with Gasteiger partial charge in [-0.25, -0.2) is 9.18 Å². The first-order chi connectivity index (χ1) is 8.58. The molecule has 0 saturated carbocycles. The molecule has 0 saturated heterocycles. The van der Waals surface area contributed by atoms with Crippen molar-refractivity contribution in [2.24, 2.45) is 0 Å². The molecule has 0 N–H and O–H groups in total. The molecule has 0 aliphatic carbocycles. The third-order valence-corrected chi connectivity index (χ3v) is 2.93. The average Bonchev–Trinajstić information content (AvgIpc) is 2.37. The number of nitrogens with zero attached hydrogens (tertiary/aromatic N) is 1. The van der Waals surface area contributed by atoms with Crippen LogP contribution in [0.25, 0.3) is 0 Å². The quantitative estimate of drug-likeness (QED) is 0.590. The van der Waals surface area contributed by atoms with Crippen LogP contribution in [0.4, 0.5) is 10.1 Å². The van der Waals surface area contributed by atoms with Crippen molar-refractivity contribution in [3.05, 3.63) is 41.4 Å². The van der Waals surface area contributed by atoms with Crippen LogP contribution in [0.1, 0.15) is 11.5 Å². The van der Waals surface area contributed by atoms with Crippen LogP contribution in [-0.2, 0) is 14.3 Å². The highest BCUT2D eigenvalue weighted by molar-refractivity contribution is 5.97. The number of esters is 1. The molecule has 0 amide bonds. The van der Waals surface area contributed by atoms with Crippen molar-refractivity contribution in [2.45, 2.75) is 5.92 Å². The number of benzene rings is 1. The lowest BCUT2D eigenvalue weighted by Gasteiger charge is -2.28. The lowest BCUT2D eigenvalue weighted by atomic mass is 9.88. The zero-order chi connectivity index (χ0) is 13.3. The molecule has 94 valence electrons. The molecule has 1 aromatic rings. The number of hydrogen-bond acceptors (Lipinski definition) is 4. The van der Waals surface area contributed by atoms with E-state index in [1.54, 1.807) is 18.0 Å². The van der Waals surface area contributed by atoms with Crippen LogP contribution in [-0.4, -0.2) is 26.4 Å². The van der Waals surface area contributed by atoms with Gasteiger partial charge in [0.25, 0.3) is 0 Å². The summed E-state index contributed by atoms with van der Waals surface area (Å²) >= 11 is 0. The summed E-state index contributed by atoms with van der Waals surface area (Å²) in [6.07, 6.45) is 2.15. The second-order valence-electron chi connectivity index (χ2n) is 4.00. The van der Waals surface area contributed by atoms with E-state index in [0.717, 1.165) is 0 Å². The van der Waals surface area contributed by atoms with Gasteiger partial charge in [0.05, 0.1) is 18.6 Å². The minimum Gasteiger partial charge on any atom is -0.466 e. The smallest absolute Gasteiger partial charge is 0.336 e. The molecule has 0 aromatic heterocycles. The molecule has 0 radical (unpaired) electrons. The molecular formula is C13H12FNO3. The minimum atomic E-state index is -0.792. The Morgan fingerprint density at radius 1 is 1.50 bits per heavy atom. The Bertz CT molecular complexity index is 539. The Hall–Kier alpha value is -2.17. The van der Waals surface area contributed by atoms with Gasteiger partial charge in [0.2, 0.25) is 0 Å². The van der Waals surface area contributed by atoms with Gasteiger partial charge in [0.1, 0.15) is 12.1 Å². The molecule has 1 unspecified atom stereocenters. The number of aldehydes is 1. The summed E-state index contributed by atoms with van der Waals surface area (Å²) in [6, 6.07) is 4.15. The summed E-state index contributed by atoms with van der Waals surface area (Å²) in [4.78, 5) is 24.5. The Labute approximate surface area is 104 Å². The van der Waals surface area contributed by atoms with E-state index in [2.05, 4.69) is 4.74 Å². The Morgan fingerprint density at radius 3 is 2.83 bits per heavy atom. The number of methoxy groups -OCH3 is 1. The summed E-state index contributed by atoms with van der Waals surface area (Å²) in [6.45, 7) is 0. The van der Waals surface area contributed by atoms with Crippen molar-refractivity contribution in [1.82, 2.24) is 0 Å². The fraction of sp³-hybridized carbons (Fsp3) is 0.231. The monoisotopic (exact) mass is 249 g/mol. The average molecular weight is 249 g/mol. The molecule has 0 spiro atoms. The molecule has 2 rings (SSSR count). The largest absolute Gasteiger partial charge is 0.466 e. The molecule has 0 bridgehead atoms.